The van der Waals surface area contributed by atoms with E-state index in [4.69, 9.17) is 0 Å². The topological polar surface area (TPSA) is 96.4 Å². The molecule has 2 aromatic carbocycles. The third kappa shape index (κ3) is 4.31. The molecule has 7 nitrogen and oxygen atoms in total. The van der Waals surface area contributed by atoms with Gasteiger partial charge in [-0.1, -0.05) is 42.5 Å². The quantitative estimate of drug-likeness (QED) is 0.626. The zero-order valence-corrected chi connectivity index (χ0v) is 18.2. The average molecular weight is 448 g/mol. The monoisotopic (exact) mass is 447 g/mol. The number of benzene rings is 2. The average Bonchev–Trinajstić information content (AvgIpc) is 2.95. The first-order chi connectivity index (χ1) is 15.4. The molecule has 4 rings (SSSR count). The summed E-state index contributed by atoms with van der Waals surface area (Å²) in [6.45, 7) is 0.870. The van der Waals surface area contributed by atoms with E-state index in [1.54, 1.807) is 54.9 Å². The Hall–Kier alpha value is -3.78. The van der Waals surface area contributed by atoms with Crippen LogP contribution < -0.4 is 5.32 Å². The van der Waals surface area contributed by atoms with Gasteiger partial charge in [-0.2, -0.15) is 0 Å². The third-order valence-electron chi connectivity index (χ3n) is 5.15. The molecule has 2 amide bonds. The molecule has 0 saturated carbocycles. The fourth-order valence-corrected chi connectivity index (χ4v) is 5.35. The van der Waals surface area contributed by atoms with E-state index >= 15 is 0 Å². The summed E-state index contributed by atoms with van der Waals surface area (Å²) in [6, 6.07) is 19.5. The molecule has 1 aromatic heterocycles. The van der Waals surface area contributed by atoms with Gasteiger partial charge in [0, 0.05) is 23.7 Å². The van der Waals surface area contributed by atoms with E-state index < -0.39 is 28.4 Å². The van der Waals surface area contributed by atoms with Crippen LogP contribution in [-0.2, 0) is 26.0 Å². The number of aromatic nitrogens is 1. The summed E-state index contributed by atoms with van der Waals surface area (Å²) >= 11 is 0. The number of pyridine rings is 1. The predicted molar refractivity (Wildman–Crippen MR) is 122 cm³/mol. The number of sulfonamides is 1. The minimum Gasteiger partial charge on any atom is -0.325 e. The van der Waals surface area contributed by atoms with Gasteiger partial charge in [-0.3, -0.25) is 14.6 Å². The highest BCUT2D eigenvalue weighted by atomic mass is 32.2. The van der Waals surface area contributed by atoms with Crippen LogP contribution in [0.25, 0.3) is 4.91 Å². The molecule has 162 valence electrons. The van der Waals surface area contributed by atoms with Crippen molar-refractivity contribution < 1.29 is 18.0 Å². The molecule has 1 aliphatic heterocycles. The zero-order chi connectivity index (χ0) is 22.7. The van der Waals surface area contributed by atoms with Crippen LogP contribution in [0.3, 0.4) is 0 Å². The van der Waals surface area contributed by atoms with Crippen molar-refractivity contribution in [1.29, 1.82) is 0 Å². The van der Waals surface area contributed by atoms with Gasteiger partial charge >= 0.3 is 0 Å². The van der Waals surface area contributed by atoms with Gasteiger partial charge in [0.2, 0.25) is 5.91 Å². The van der Waals surface area contributed by atoms with E-state index in [0.29, 0.717) is 15.6 Å². The first-order valence-electron chi connectivity index (χ1n) is 9.97. The minimum absolute atomic E-state index is 0.0589. The maximum Gasteiger partial charge on any atom is 0.268 e. The summed E-state index contributed by atoms with van der Waals surface area (Å²) in [5, 5.41) is 2.66. The Morgan fingerprint density at radius 3 is 2.22 bits per heavy atom. The van der Waals surface area contributed by atoms with Crippen LogP contribution in [0.4, 0.5) is 5.69 Å². The smallest absolute Gasteiger partial charge is 0.268 e. The molecule has 0 radical (unpaired) electrons. The molecule has 1 aliphatic rings. The number of hydrogen-bond acceptors (Lipinski definition) is 5. The Morgan fingerprint density at radius 2 is 1.56 bits per heavy atom. The number of amides is 2. The highest BCUT2D eigenvalue weighted by Crippen LogP contribution is 2.35. The van der Waals surface area contributed by atoms with E-state index in [-0.39, 0.29) is 10.5 Å². The SMILES string of the molecule is CC1=C(c2ccccc2)S(=O)(=O)N(CC(=O)Nc2ccc(Cc3ccncc3)cc2)C1=O. The zero-order valence-electron chi connectivity index (χ0n) is 17.4. The first-order valence-corrected chi connectivity index (χ1v) is 11.4. The Balaban J connectivity index is 1.44. The molecular weight excluding hydrogens is 426 g/mol. The number of rotatable bonds is 6. The summed E-state index contributed by atoms with van der Waals surface area (Å²) < 4.78 is 26.6. The van der Waals surface area contributed by atoms with Crippen LogP contribution in [0.1, 0.15) is 23.6 Å². The molecule has 0 atom stereocenters. The second-order valence-electron chi connectivity index (χ2n) is 7.41. The number of carbonyl (C=O) groups is 2. The van der Waals surface area contributed by atoms with Crippen molar-refractivity contribution in [2.24, 2.45) is 0 Å². The van der Waals surface area contributed by atoms with Gasteiger partial charge in [0.25, 0.3) is 15.9 Å². The van der Waals surface area contributed by atoms with Crippen LogP contribution in [0, 0.1) is 0 Å². The van der Waals surface area contributed by atoms with Crippen molar-refractivity contribution in [3.63, 3.8) is 0 Å². The van der Waals surface area contributed by atoms with Crippen molar-refractivity contribution in [3.8, 4) is 0 Å². The van der Waals surface area contributed by atoms with Gasteiger partial charge in [-0.05, 0) is 54.3 Å². The molecular formula is C24H21N3O4S. The molecule has 3 aromatic rings. The van der Waals surface area contributed by atoms with Gasteiger partial charge in [0.15, 0.2) is 0 Å². The lowest BCUT2D eigenvalue weighted by molar-refractivity contribution is -0.126. The summed E-state index contributed by atoms with van der Waals surface area (Å²) in [4.78, 5) is 29.1. The van der Waals surface area contributed by atoms with Gasteiger partial charge in [-0.15, -0.1) is 0 Å². The number of anilines is 1. The molecule has 0 bridgehead atoms. The van der Waals surface area contributed by atoms with Crippen molar-refractivity contribution >= 4 is 32.4 Å². The Kier molecular flexibility index (Phi) is 5.87. The summed E-state index contributed by atoms with van der Waals surface area (Å²) in [5.41, 5.74) is 3.21. The Labute approximate surface area is 186 Å². The number of nitrogens with one attached hydrogen (secondary N) is 1. The predicted octanol–water partition coefficient (Wildman–Crippen LogP) is 3.21. The van der Waals surface area contributed by atoms with Crippen molar-refractivity contribution in [1.82, 2.24) is 9.29 Å². The number of hydrogen-bond donors (Lipinski definition) is 1. The fourth-order valence-electron chi connectivity index (χ4n) is 3.58. The van der Waals surface area contributed by atoms with Crippen molar-refractivity contribution in [2.75, 3.05) is 11.9 Å². The lowest BCUT2D eigenvalue weighted by atomic mass is 10.1. The molecule has 32 heavy (non-hydrogen) atoms. The van der Waals surface area contributed by atoms with Crippen LogP contribution in [0.15, 0.2) is 84.7 Å². The van der Waals surface area contributed by atoms with E-state index in [0.717, 1.165) is 17.5 Å². The Morgan fingerprint density at radius 1 is 0.938 bits per heavy atom. The molecule has 0 aliphatic carbocycles. The lowest BCUT2D eigenvalue weighted by Crippen LogP contribution is -2.38. The van der Waals surface area contributed by atoms with E-state index in [1.807, 2.05) is 24.3 Å². The van der Waals surface area contributed by atoms with Gasteiger partial charge in [0.05, 0.1) is 0 Å². The van der Waals surface area contributed by atoms with E-state index in [9.17, 15) is 18.0 Å². The maximum absolute atomic E-state index is 13.0. The molecule has 0 unspecified atom stereocenters. The first kappa shape index (κ1) is 21.5. The van der Waals surface area contributed by atoms with Gasteiger partial charge in [0.1, 0.15) is 11.4 Å². The van der Waals surface area contributed by atoms with Crippen LogP contribution in [0.2, 0.25) is 0 Å². The molecule has 2 heterocycles. The fraction of sp³-hybridized carbons (Fsp3) is 0.125. The largest absolute Gasteiger partial charge is 0.325 e. The molecule has 0 fully saturated rings. The number of carbonyl (C=O) groups excluding carboxylic acids is 2. The highest BCUT2D eigenvalue weighted by Gasteiger charge is 2.43. The maximum atomic E-state index is 13.0. The minimum atomic E-state index is -4.11. The molecule has 0 saturated heterocycles. The molecule has 1 N–H and O–H groups in total. The van der Waals surface area contributed by atoms with Crippen LogP contribution in [-0.4, -0.2) is 36.1 Å². The van der Waals surface area contributed by atoms with Gasteiger partial charge in [-0.25, -0.2) is 12.7 Å². The highest BCUT2D eigenvalue weighted by molar-refractivity contribution is 7.99. The normalized spacial score (nSPS) is 15.2. The second kappa shape index (κ2) is 8.76. The Bertz CT molecular complexity index is 1290. The third-order valence-corrected chi connectivity index (χ3v) is 7.09. The summed E-state index contributed by atoms with van der Waals surface area (Å²) in [7, 11) is -4.11. The lowest BCUT2D eigenvalue weighted by Gasteiger charge is -2.16. The van der Waals surface area contributed by atoms with E-state index in [2.05, 4.69) is 10.3 Å². The van der Waals surface area contributed by atoms with Crippen LogP contribution >= 0.6 is 0 Å². The van der Waals surface area contributed by atoms with E-state index in [1.165, 1.54) is 6.92 Å². The van der Waals surface area contributed by atoms with Gasteiger partial charge < -0.3 is 5.32 Å². The standard InChI is InChI=1S/C24H21N3O4S/c1-17-23(20-5-3-2-4-6-20)32(30,31)27(24(17)29)16-22(28)26-21-9-7-18(8-10-21)15-19-11-13-25-14-12-19/h2-14H,15-16H2,1H3,(H,26,28). The molecule has 8 heteroatoms. The van der Waals surface area contributed by atoms with Crippen molar-refractivity contribution in [2.45, 2.75) is 13.3 Å². The second-order valence-corrected chi connectivity index (χ2v) is 9.21. The van der Waals surface area contributed by atoms with Crippen molar-refractivity contribution in [3.05, 3.63) is 101 Å². The van der Waals surface area contributed by atoms with Crippen LogP contribution in [0.5, 0.6) is 0 Å². The summed E-state index contributed by atoms with van der Waals surface area (Å²) in [6.07, 6.45) is 4.19. The number of nitrogens with zero attached hydrogens (tertiary/aromatic N) is 2. The summed E-state index contributed by atoms with van der Waals surface area (Å²) in [5.74, 6) is -1.28. The molecule has 0 spiro atoms.